The lowest BCUT2D eigenvalue weighted by atomic mass is 9.80. The Balaban J connectivity index is 0.000000151. The van der Waals surface area contributed by atoms with E-state index < -0.39 is 13.0 Å². The van der Waals surface area contributed by atoms with Crippen LogP contribution in [0.4, 0.5) is 4.39 Å². The molecule has 1 amide bonds. The lowest BCUT2D eigenvalue weighted by Gasteiger charge is -1.95. The fraction of sp³-hybridized carbons (Fsp3) is 0.0769. The molecule has 0 bridgehead atoms. The number of hydrogen-bond acceptors (Lipinski definition) is 4. The molecule has 0 aliphatic carbocycles. The zero-order chi connectivity index (χ0) is 14.5. The number of halogens is 1. The Bertz CT molecular complexity index is 610. The van der Waals surface area contributed by atoms with Crippen molar-refractivity contribution in [2.45, 2.75) is 6.61 Å². The van der Waals surface area contributed by atoms with Gasteiger partial charge in [-0.05, 0) is 35.3 Å². The van der Waals surface area contributed by atoms with E-state index in [1.165, 1.54) is 24.5 Å². The molecule has 5 nitrogen and oxygen atoms in total. The summed E-state index contributed by atoms with van der Waals surface area (Å²) in [5.41, 5.74) is 6.84. The van der Waals surface area contributed by atoms with Gasteiger partial charge in [-0.1, -0.05) is 6.07 Å². The van der Waals surface area contributed by atoms with Crippen molar-refractivity contribution in [2.24, 2.45) is 5.73 Å². The number of nitrogens with zero attached hydrogens (tertiary/aromatic N) is 1. The number of rotatable bonds is 1. The van der Waals surface area contributed by atoms with E-state index in [-0.39, 0.29) is 5.82 Å². The summed E-state index contributed by atoms with van der Waals surface area (Å²) in [6, 6.07) is 7.38. The normalized spacial score (nSPS) is 12.4. The van der Waals surface area contributed by atoms with Gasteiger partial charge in [0.2, 0.25) is 5.91 Å². The third-order valence-electron chi connectivity index (χ3n) is 2.73. The lowest BCUT2D eigenvalue weighted by Crippen LogP contribution is -2.27. The smallest absolute Gasteiger partial charge is 0.423 e. The van der Waals surface area contributed by atoms with Crippen LogP contribution in [0.1, 0.15) is 15.9 Å². The van der Waals surface area contributed by atoms with Gasteiger partial charge in [0.25, 0.3) is 0 Å². The highest BCUT2D eigenvalue weighted by Gasteiger charge is 2.26. The second-order valence-corrected chi connectivity index (χ2v) is 4.11. The Labute approximate surface area is 115 Å². The first-order chi connectivity index (χ1) is 9.58. The van der Waals surface area contributed by atoms with Crippen molar-refractivity contribution in [3.05, 3.63) is 59.7 Å². The predicted octanol–water partition coefficient (Wildman–Crippen LogP) is 0.224. The van der Waals surface area contributed by atoms with Crippen LogP contribution in [0.3, 0.4) is 0 Å². The fourth-order valence-corrected chi connectivity index (χ4v) is 1.71. The van der Waals surface area contributed by atoms with Crippen LogP contribution in [0, 0.1) is 5.82 Å². The lowest BCUT2D eigenvalue weighted by molar-refractivity contribution is 0.1000. The number of fused-ring (bicyclic) bond motifs is 1. The Morgan fingerprint density at radius 1 is 1.35 bits per heavy atom. The van der Waals surface area contributed by atoms with Crippen LogP contribution in [0.25, 0.3) is 0 Å². The zero-order valence-electron chi connectivity index (χ0n) is 10.5. The molecule has 0 radical (unpaired) electrons. The summed E-state index contributed by atoms with van der Waals surface area (Å²) in [5.74, 6) is -0.709. The molecule has 3 N–H and O–H groups in total. The van der Waals surface area contributed by atoms with Crippen LogP contribution < -0.4 is 11.2 Å². The standard InChI is InChI=1S/C7H6BFO2.C6H6N2O/c9-6-1-2-7-5(3-6)4-11-8(7)10;7-6(9)5-1-3-8-4-2-5/h1-3,10H,4H2;1-4H,(H2,7,9). The molecule has 3 rings (SSSR count). The summed E-state index contributed by atoms with van der Waals surface area (Å²) < 4.78 is 17.4. The third-order valence-corrected chi connectivity index (χ3v) is 2.73. The second kappa shape index (κ2) is 6.27. The zero-order valence-corrected chi connectivity index (χ0v) is 10.5. The molecule has 1 aromatic heterocycles. The summed E-state index contributed by atoms with van der Waals surface area (Å²) in [5, 5.41) is 9.13. The van der Waals surface area contributed by atoms with Crippen molar-refractivity contribution in [3.63, 3.8) is 0 Å². The topological polar surface area (TPSA) is 85.4 Å². The summed E-state index contributed by atoms with van der Waals surface area (Å²) in [7, 11) is -0.870. The summed E-state index contributed by atoms with van der Waals surface area (Å²) in [6.45, 7) is 0.300. The summed E-state index contributed by atoms with van der Waals surface area (Å²) in [6.07, 6.45) is 3.06. The molecule has 1 aliphatic rings. The second-order valence-electron chi connectivity index (χ2n) is 4.11. The van der Waals surface area contributed by atoms with Crippen LogP contribution in [0.2, 0.25) is 0 Å². The highest BCUT2D eigenvalue weighted by Crippen LogP contribution is 2.10. The molecule has 0 atom stereocenters. The quantitative estimate of drug-likeness (QED) is 0.728. The molecule has 2 heterocycles. The van der Waals surface area contributed by atoms with Crippen LogP contribution in [-0.4, -0.2) is 23.0 Å². The number of carbonyl (C=O) groups is 1. The number of primary amides is 1. The first kappa shape index (κ1) is 14.2. The molecule has 0 spiro atoms. The molecule has 102 valence electrons. The number of hydrogen-bond donors (Lipinski definition) is 2. The number of nitrogens with two attached hydrogens (primary N) is 1. The van der Waals surface area contributed by atoms with Gasteiger partial charge in [-0.2, -0.15) is 0 Å². The maximum Gasteiger partial charge on any atom is 0.491 e. The Morgan fingerprint density at radius 2 is 2.05 bits per heavy atom. The van der Waals surface area contributed by atoms with Gasteiger partial charge >= 0.3 is 7.12 Å². The summed E-state index contributed by atoms with van der Waals surface area (Å²) >= 11 is 0. The number of carbonyl (C=O) groups excluding carboxylic acids is 1. The van der Waals surface area contributed by atoms with Crippen LogP contribution in [0.5, 0.6) is 0 Å². The maximum absolute atomic E-state index is 12.6. The van der Waals surface area contributed by atoms with E-state index >= 15 is 0 Å². The Kier molecular flexibility index (Phi) is 4.44. The van der Waals surface area contributed by atoms with Crippen molar-refractivity contribution >= 4 is 18.5 Å². The van der Waals surface area contributed by atoms with Crippen molar-refractivity contribution in [1.82, 2.24) is 4.98 Å². The van der Waals surface area contributed by atoms with Gasteiger partial charge in [-0.25, -0.2) is 4.39 Å². The third kappa shape index (κ3) is 3.40. The molecular formula is C13H12BFN2O3. The van der Waals surface area contributed by atoms with Crippen LogP contribution >= 0.6 is 0 Å². The van der Waals surface area contributed by atoms with E-state index in [2.05, 4.69) is 4.98 Å². The minimum atomic E-state index is -0.870. The number of pyridine rings is 1. The van der Waals surface area contributed by atoms with Crippen LogP contribution in [0.15, 0.2) is 42.7 Å². The van der Waals surface area contributed by atoms with Crippen LogP contribution in [-0.2, 0) is 11.3 Å². The monoisotopic (exact) mass is 274 g/mol. The first-order valence-electron chi connectivity index (χ1n) is 5.86. The largest absolute Gasteiger partial charge is 0.491 e. The van der Waals surface area contributed by atoms with Gasteiger partial charge in [-0.3, -0.25) is 9.78 Å². The Hall–Kier alpha value is -2.25. The molecule has 0 saturated carbocycles. The van der Waals surface area contributed by atoms with Gasteiger partial charge in [0, 0.05) is 18.0 Å². The van der Waals surface area contributed by atoms with E-state index in [4.69, 9.17) is 15.4 Å². The van der Waals surface area contributed by atoms with E-state index in [0.717, 1.165) is 5.56 Å². The van der Waals surface area contributed by atoms with Gasteiger partial charge in [0.05, 0.1) is 6.61 Å². The van der Waals surface area contributed by atoms with Crippen molar-refractivity contribution in [2.75, 3.05) is 0 Å². The van der Waals surface area contributed by atoms with E-state index in [1.54, 1.807) is 18.2 Å². The molecule has 1 aromatic carbocycles. The fourth-order valence-electron chi connectivity index (χ4n) is 1.71. The summed E-state index contributed by atoms with van der Waals surface area (Å²) in [4.78, 5) is 14.1. The molecule has 7 heteroatoms. The molecule has 1 aliphatic heterocycles. The van der Waals surface area contributed by atoms with Gasteiger partial charge in [0.1, 0.15) is 5.82 Å². The number of benzene rings is 1. The van der Waals surface area contributed by atoms with Crippen molar-refractivity contribution in [1.29, 1.82) is 0 Å². The van der Waals surface area contributed by atoms with E-state index in [1.807, 2.05) is 0 Å². The van der Waals surface area contributed by atoms with Crippen molar-refractivity contribution < 1.29 is 18.9 Å². The number of amides is 1. The first-order valence-corrected chi connectivity index (χ1v) is 5.86. The van der Waals surface area contributed by atoms with Gasteiger partial charge in [-0.15, -0.1) is 0 Å². The Morgan fingerprint density at radius 3 is 2.65 bits per heavy atom. The molecule has 0 fully saturated rings. The predicted molar refractivity (Wildman–Crippen MR) is 71.6 cm³/mol. The average Bonchev–Trinajstić information content (AvgIpc) is 2.81. The minimum absolute atomic E-state index is 0.290. The minimum Gasteiger partial charge on any atom is -0.423 e. The highest BCUT2D eigenvalue weighted by atomic mass is 19.1. The average molecular weight is 274 g/mol. The van der Waals surface area contributed by atoms with E-state index in [0.29, 0.717) is 17.6 Å². The molecular weight excluding hydrogens is 262 g/mol. The molecule has 0 saturated heterocycles. The molecule has 20 heavy (non-hydrogen) atoms. The highest BCUT2D eigenvalue weighted by molar-refractivity contribution is 6.61. The maximum atomic E-state index is 12.6. The SMILES string of the molecule is NC(=O)c1ccncc1.OB1OCc2cc(F)ccc21. The van der Waals surface area contributed by atoms with E-state index in [9.17, 15) is 9.18 Å². The molecule has 0 unspecified atom stereocenters. The van der Waals surface area contributed by atoms with Gasteiger partial charge in [0.15, 0.2) is 0 Å². The molecule has 2 aromatic rings. The van der Waals surface area contributed by atoms with Crippen molar-refractivity contribution in [3.8, 4) is 0 Å². The van der Waals surface area contributed by atoms with Gasteiger partial charge < -0.3 is 15.4 Å². The number of aromatic nitrogens is 1.